The smallest absolute Gasteiger partial charge is 0.327 e. The number of amides is 2. The highest BCUT2D eigenvalue weighted by molar-refractivity contribution is 6.36. The Bertz CT molecular complexity index is 877. The molecule has 0 aliphatic heterocycles. The molecule has 0 fully saturated rings. The summed E-state index contributed by atoms with van der Waals surface area (Å²) in [4.78, 5) is 14.9. The number of halogens is 2. The van der Waals surface area contributed by atoms with E-state index in [1.807, 2.05) is 43.3 Å². The molecule has 2 atom stereocenters. The van der Waals surface area contributed by atoms with Gasteiger partial charge in [0, 0.05) is 0 Å². The van der Waals surface area contributed by atoms with Gasteiger partial charge in [-0.3, -0.25) is 4.90 Å². The van der Waals surface area contributed by atoms with E-state index in [1.165, 1.54) is 0 Å². The van der Waals surface area contributed by atoms with Crippen LogP contribution in [0.4, 0.5) is 16.2 Å². The first kappa shape index (κ1) is 20.5. The zero-order valence-electron chi connectivity index (χ0n) is 16.1. The molecule has 0 unspecified atom stereocenters. The Morgan fingerprint density at radius 2 is 1.61 bits per heavy atom. The number of nitrogens with one attached hydrogen (secondary N) is 1. The van der Waals surface area contributed by atoms with Gasteiger partial charge in [0.05, 0.1) is 27.5 Å². The summed E-state index contributed by atoms with van der Waals surface area (Å²) in [5, 5.41) is 4.13. The first-order valence-corrected chi connectivity index (χ1v) is 10.1. The van der Waals surface area contributed by atoms with Crippen LogP contribution in [0.25, 0.3) is 0 Å². The summed E-state index contributed by atoms with van der Waals surface area (Å²) in [6, 6.07) is 14.2. The fourth-order valence-corrected chi connectivity index (χ4v) is 3.88. The molecule has 0 saturated heterocycles. The summed E-state index contributed by atoms with van der Waals surface area (Å²) in [6.45, 7) is 8.17. The number of hydrogen-bond donors (Lipinski definition) is 1. The van der Waals surface area contributed by atoms with Crippen molar-refractivity contribution in [2.45, 2.75) is 32.7 Å². The molecule has 0 radical (unpaired) electrons. The lowest BCUT2D eigenvalue weighted by molar-refractivity contribution is 0.244. The van der Waals surface area contributed by atoms with Gasteiger partial charge in [-0.2, -0.15) is 0 Å². The lowest BCUT2D eigenvalue weighted by Crippen LogP contribution is -2.45. The Morgan fingerprint density at radius 3 is 2.11 bits per heavy atom. The number of hydrogen-bond acceptors (Lipinski definition) is 1. The van der Waals surface area contributed by atoms with Crippen LogP contribution in [0.5, 0.6) is 0 Å². The minimum absolute atomic E-state index is 0.0598. The van der Waals surface area contributed by atoms with Crippen LogP contribution >= 0.6 is 23.2 Å². The van der Waals surface area contributed by atoms with Crippen LogP contribution in [0.15, 0.2) is 72.3 Å². The highest BCUT2D eigenvalue weighted by Gasteiger charge is 2.28. The predicted octanol–water partition coefficient (Wildman–Crippen LogP) is 7.14. The first-order chi connectivity index (χ1) is 13.4. The number of carbonyl (C=O) groups is 1. The van der Waals surface area contributed by atoms with Gasteiger partial charge in [0.15, 0.2) is 0 Å². The van der Waals surface area contributed by atoms with Gasteiger partial charge in [-0.05, 0) is 56.9 Å². The van der Waals surface area contributed by atoms with Crippen molar-refractivity contribution in [2.24, 2.45) is 5.92 Å². The molecule has 0 spiro atoms. The zero-order valence-corrected chi connectivity index (χ0v) is 17.6. The van der Waals surface area contributed by atoms with Crippen molar-refractivity contribution in [1.82, 2.24) is 5.32 Å². The van der Waals surface area contributed by atoms with E-state index < -0.39 is 0 Å². The number of nitrogens with zero attached hydrogens (tertiary/aromatic N) is 1. The molecule has 3 rings (SSSR count). The van der Waals surface area contributed by atoms with Crippen LogP contribution in [-0.4, -0.2) is 12.1 Å². The Labute approximate surface area is 176 Å². The molecule has 5 heteroatoms. The molecule has 0 saturated carbocycles. The van der Waals surface area contributed by atoms with Gasteiger partial charge in [-0.25, -0.2) is 4.79 Å². The molecule has 2 amide bonds. The second kappa shape index (κ2) is 8.85. The summed E-state index contributed by atoms with van der Waals surface area (Å²) in [5.74, 6) is 0.364. The fourth-order valence-electron chi connectivity index (χ4n) is 3.44. The van der Waals surface area contributed by atoms with Gasteiger partial charge in [0.25, 0.3) is 0 Å². The average Bonchev–Trinajstić information content (AvgIpc) is 2.66. The molecule has 1 aliphatic rings. The Balaban J connectivity index is 1.95. The van der Waals surface area contributed by atoms with Crippen molar-refractivity contribution in [3.05, 3.63) is 82.4 Å². The summed E-state index contributed by atoms with van der Waals surface area (Å²) < 4.78 is 0. The molecule has 0 aromatic heterocycles. The second-order valence-corrected chi connectivity index (χ2v) is 8.02. The molecule has 2 aromatic carbocycles. The van der Waals surface area contributed by atoms with Crippen LogP contribution in [0.1, 0.15) is 26.7 Å². The van der Waals surface area contributed by atoms with Gasteiger partial charge < -0.3 is 5.32 Å². The third kappa shape index (κ3) is 4.43. The number of benzene rings is 2. The van der Waals surface area contributed by atoms with Crippen LogP contribution < -0.4 is 10.2 Å². The van der Waals surface area contributed by atoms with Crippen molar-refractivity contribution in [3.63, 3.8) is 0 Å². The van der Waals surface area contributed by atoms with Gasteiger partial charge in [-0.1, -0.05) is 71.3 Å². The van der Waals surface area contributed by atoms with E-state index in [2.05, 4.69) is 24.9 Å². The van der Waals surface area contributed by atoms with Gasteiger partial charge in [0.2, 0.25) is 0 Å². The highest BCUT2D eigenvalue weighted by atomic mass is 35.5. The van der Waals surface area contributed by atoms with E-state index in [1.54, 1.807) is 17.0 Å². The first-order valence-electron chi connectivity index (χ1n) is 9.30. The van der Waals surface area contributed by atoms with E-state index in [4.69, 9.17) is 23.2 Å². The third-order valence-electron chi connectivity index (χ3n) is 5.18. The number of rotatable bonds is 4. The Morgan fingerprint density at radius 1 is 1.07 bits per heavy atom. The lowest BCUT2D eigenvalue weighted by atomic mass is 9.83. The second-order valence-electron chi connectivity index (χ2n) is 7.20. The van der Waals surface area contributed by atoms with E-state index in [0.29, 0.717) is 27.3 Å². The van der Waals surface area contributed by atoms with Gasteiger partial charge in [-0.15, -0.1) is 0 Å². The topological polar surface area (TPSA) is 32.3 Å². The molecule has 1 aliphatic carbocycles. The van der Waals surface area contributed by atoms with E-state index in [-0.39, 0.29) is 12.1 Å². The largest absolute Gasteiger partial charge is 0.331 e. The molecular formula is C23H24Cl2N2O. The molecule has 3 nitrogen and oxygen atoms in total. The SMILES string of the molecule is C=C(C)[C@@H]1CC=C(C)[C@H](NC(=O)N(c2ccccc2Cl)c2ccccc2Cl)C1. The fraction of sp³-hybridized carbons (Fsp3) is 0.261. The third-order valence-corrected chi connectivity index (χ3v) is 5.82. The minimum atomic E-state index is -0.263. The maximum absolute atomic E-state index is 13.4. The molecule has 2 aromatic rings. The van der Waals surface area contributed by atoms with E-state index >= 15 is 0 Å². The monoisotopic (exact) mass is 414 g/mol. The van der Waals surface area contributed by atoms with Crippen LogP contribution in [-0.2, 0) is 0 Å². The summed E-state index contributed by atoms with van der Waals surface area (Å²) in [6.07, 6.45) is 3.98. The number of urea groups is 1. The lowest BCUT2D eigenvalue weighted by Gasteiger charge is -2.32. The molecule has 146 valence electrons. The average molecular weight is 415 g/mol. The maximum atomic E-state index is 13.4. The van der Waals surface area contributed by atoms with Crippen molar-refractivity contribution in [3.8, 4) is 0 Å². The van der Waals surface area contributed by atoms with E-state index in [0.717, 1.165) is 24.0 Å². The number of allylic oxidation sites excluding steroid dienone is 2. The predicted molar refractivity (Wildman–Crippen MR) is 119 cm³/mol. The minimum Gasteiger partial charge on any atom is -0.331 e. The Hall–Kier alpha value is -2.23. The summed E-state index contributed by atoms with van der Waals surface area (Å²) >= 11 is 12.8. The standard InChI is InChI=1S/C23H24Cl2N2O/c1-15(2)17-13-12-16(3)20(14-17)26-23(28)27(21-10-6-4-8-18(21)24)22-11-7-5-9-19(22)25/h4-12,17,20H,1,13-14H2,2-3H3,(H,26,28)/t17-,20-/m1/s1. The Kier molecular flexibility index (Phi) is 6.48. The quantitative estimate of drug-likeness (QED) is 0.529. The van der Waals surface area contributed by atoms with Crippen LogP contribution in [0.3, 0.4) is 0 Å². The number of carbonyl (C=O) groups excluding carboxylic acids is 1. The molecule has 0 heterocycles. The van der Waals surface area contributed by atoms with Crippen LogP contribution in [0.2, 0.25) is 10.0 Å². The van der Waals surface area contributed by atoms with Crippen molar-refractivity contribution >= 4 is 40.6 Å². The highest BCUT2D eigenvalue weighted by Crippen LogP contribution is 2.36. The molecular weight excluding hydrogens is 391 g/mol. The van der Waals surface area contributed by atoms with Crippen LogP contribution in [0, 0.1) is 5.92 Å². The van der Waals surface area contributed by atoms with Crippen molar-refractivity contribution in [2.75, 3.05) is 4.90 Å². The summed E-state index contributed by atoms with van der Waals surface area (Å²) in [5.41, 5.74) is 3.47. The van der Waals surface area contributed by atoms with Gasteiger partial charge >= 0.3 is 6.03 Å². The molecule has 28 heavy (non-hydrogen) atoms. The van der Waals surface area contributed by atoms with Gasteiger partial charge in [0.1, 0.15) is 0 Å². The molecule has 0 bridgehead atoms. The normalized spacial score (nSPS) is 18.9. The number of para-hydroxylation sites is 2. The van der Waals surface area contributed by atoms with Crippen molar-refractivity contribution < 1.29 is 4.79 Å². The molecule has 1 N–H and O–H groups in total. The maximum Gasteiger partial charge on any atom is 0.327 e. The van der Waals surface area contributed by atoms with Crippen molar-refractivity contribution in [1.29, 1.82) is 0 Å². The summed E-state index contributed by atoms with van der Waals surface area (Å²) in [7, 11) is 0. The number of anilines is 2. The van der Waals surface area contributed by atoms with E-state index in [9.17, 15) is 4.79 Å². The zero-order chi connectivity index (χ0) is 20.3.